The van der Waals surface area contributed by atoms with Crippen LogP contribution in [0.1, 0.15) is 30.4 Å². The van der Waals surface area contributed by atoms with Crippen LogP contribution in [0.4, 0.5) is 13.2 Å². The molecule has 136 valence electrons. The lowest BCUT2D eigenvalue weighted by atomic mass is 9.95. The molecule has 0 saturated carbocycles. The number of rotatable bonds is 6. The third kappa shape index (κ3) is 4.94. The van der Waals surface area contributed by atoms with Crippen molar-refractivity contribution >= 4 is 10.0 Å². The number of halogens is 3. The van der Waals surface area contributed by atoms with Gasteiger partial charge in [0.25, 0.3) is 0 Å². The van der Waals surface area contributed by atoms with Crippen molar-refractivity contribution in [1.82, 2.24) is 9.62 Å². The summed E-state index contributed by atoms with van der Waals surface area (Å²) in [6, 6.07) is 4.87. The van der Waals surface area contributed by atoms with Gasteiger partial charge in [0.05, 0.1) is 11.3 Å². The lowest BCUT2D eigenvalue weighted by molar-refractivity contribution is -0.138. The smallest absolute Gasteiger partial charge is 0.320 e. The fourth-order valence-electron chi connectivity index (χ4n) is 3.04. The molecule has 1 fully saturated rings. The Bertz CT molecular complexity index is 639. The number of benzene rings is 1. The van der Waals surface area contributed by atoms with Gasteiger partial charge in [-0.3, -0.25) is 0 Å². The van der Waals surface area contributed by atoms with E-state index in [0.29, 0.717) is 19.0 Å². The number of nitrogens with one attached hydrogen (secondary N) is 1. The first-order valence-electron chi connectivity index (χ1n) is 8.01. The number of nitrogens with zero attached hydrogens (tertiary/aromatic N) is 1. The first-order chi connectivity index (χ1) is 11.2. The van der Waals surface area contributed by atoms with Crippen molar-refractivity contribution in [3.05, 3.63) is 35.4 Å². The van der Waals surface area contributed by atoms with E-state index in [1.165, 1.54) is 22.5 Å². The molecule has 1 aliphatic rings. The van der Waals surface area contributed by atoms with Crippen molar-refractivity contribution in [2.24, 2.45) is 5.92 Å². The summed E-state index contributed by atoms with van der Waals surface area (Å²) in [6.07, 6.45) is -2.06. The van der Waals surface area contributed by atoms with E-state index in [9.17, 15) is 21.6 Å². The molecular weight excluding hydrogens is 341 g/mol. The van der Waals surface area contributed by atoms with Crippen LogP contribution in [0.25, 0.3) is 0 Å². The quantitative estimate of drug-likeness (QED) is 0.844. The highest BCUT2D eigenvalue weighted by Crippen LogP contribution is 2.33. The average Bonchev–Trinajstić information content (AvgIpc) is 2.52. The zero-order valence-corrected chi connectivity index (χ0v) is 14.5. The molecule has 0 bridgehead atoms. The maximum atomic E-state index is 13.0. The second kappa shape index (κ2) is 7.84. The van der Waals surface area contributed by atoms with Gasteiger partial charge in [-0.2, -0.15) is 13.2 Å². The molecule has 1 aromatic rings. The van der Waals surface area contributed by atoms with Gasteiger partial charge in [-0.15, -0.1) is 0 Å². The number of piperidine rings is 1. The van der Waals surface area contributed by atoms with Crippen LogP contribution in [0, 0.1) is 5.92 Å². The van der Waals surface area contributed by atoms with Gasteiger partial charge in [0, 0.05) is 13.1 Å². The van der Waals surface area contributed by atoms with Crippen LogP contribution in [0.2, 0.25) is 0 Å². The second-order valence-electron chi connectivity index (χ2n) is 6.15. The summed E-state index contributed by atoms with van der Waals surface area (Å²) in [6.45, 7) is 1.65. The minimum absolute atomic E-state index is 0.192. The number of sulfonamides is 1. The minimum atomic E-state index is -4.55. The maximum absolute atomic E-state index is 13.0. The van der Waals surface area contributed by atoms with E-state index < -0.39 is 27.5 Å². The van der Waals surface area contributed by atoms with Crippen molar-refractivity contribution < 1.29 is 21.6 Å². The van der Waals surface area contributed by atoms with E-state index in [0.717, 1.165) is 31.9 Å². The second-order valence-corrected chi connectivity index (χ2v) is 8.11. The van der Waals surface area contributed by atoms with Crippen molar-refractivity contribution in [2.75, 3.05) is 26.7 Å². The number of hydrogen-bond donors (Lipinski definition) is 1. The molecule has 8 heteroatoms. The van der Waals surface area contributed by atoms with Gasteiger partial charge in [-0.1, -0.05) is 18.2 Å². The molecule has 1 N–H and O–H groups in total. The molecule has 0 amide bonds. The number of alkyl halides is 3. The van der Waals surface area contributed by atoms with Crippen LogP contribution in [-0.2, 0) is 22.0 Å². The van der Waals surface area contributed by atoms with E-state index in [1.54, 1.807) is 0 Å². The molecule has 1 saturated heterocycles. The van der Waals surface area contributed by atoms with Crippen LogP contribution in [0.5, 0.6) is 0 Å². The standard InChI is InChI=1S/C16H23F3N2O2S/c1-20-9-6-13-7-10-21(11-8-13)24(22,23)12-14-4-2-3-5-15(14)16(17,18)19/h2-5,13,20H,6-12H2,1H3. The summed E-state index contributed by atoms with van der Waals surface area (Å²) < 4.78 is 65.4. The largest absolute Gasteiger partial charge is 0.416 e. The monoisotopic (exact) mass is 364 g/mol. The predicted molar refractivity (Wildman–Crippen MR) is 86.9 cm³/mol. The summed E-state index contributed by atoms with van der Waals surface area (Å²) in [5, 5.41) is 3.07. The molecule has 0 aliphatic carbocycles. The van der Waals surface area contributed by atoms with E-state index in [-0.39, 0.29) is 5.56 Å². The lowest BCUT2D eigenvalue weighted by Gasteiger charge is -2.31. The Labute approximate surface area is 141 Å². The maximum Gasteiger partial charge on any atom is 0.416 e. The molecule has 0 spiro atoms. The number of hydrogen-bond acceptors (Lipinski definition) is 3. The molecule has 0 radical (unpaired) electrons. The van der Waals surface area contributed by atoms with Crippen molar-refractivity contribution in [1.29, 1.82) is 0 Å². The van der Waals surface area contributed by atoms with E-state index >= 15 is 0 Å². The highest BCUT2D eigenvalue weighted by molar-refractivity contribution is 7.88. The zero-order valence-electron chi connectivity index (χ0n) is 13.6. The molecule has 0 atom stereocenters. The Morgan fingerprint density at radius 3 is 2.42 bits per heavy atom. The third-order valence-corrected chi connectivity index (χ3v) is 6.26. The van der Waals surface area contributed by atoms with Gasteiger partial charge < -0.3 is 5.32 Å². The van der Waals surface area contributed by atoms with E-state index in [1.807, 2.05) is 7.05 Å². The summed E-state index contributed by atoms with van der Waals surface area (Å²) in [4.78, 5) is 0. The molecule has 2 rings (SSSR count). The molecular formula is C16H23F3N2O2S. The Morgan fingerprint density at radius 1 is 1.21 bits per heavy atom. The van der Waals surface area contributed by atoms with Gasteiger partial charge in [0.1, 0.15) is 0 Å². The molecule has 1 aliphatic heterocycles. The highest BCUT2D eigenvalue weighted by atomic mass is 32.2. The van der Waals surface area contributed by atoms with Crippen molar-refractivity contribution in [3.8, 4) is 0 Å². The zero-order chi connectivity index (χ0) is 17.8. The van der Waals surface area contributed by atoms with Crippen LogP contribution in [-0.4, -0.2) is 39.4 Å². The predicted octanol–water partition coefficient (Wildman–Crippen LogP) is 2.86. The third-order valence-electron chi connectivity index (χ3n) is 4.43. The van der Waals surface area contributed by atoms with Crippen molar-refractivity contribution in [3.63, 3.8) is 0 Å². The Morgan fingerprint density at radius 2 is 1.83 bits per heavy atom. The Balaban J connectivity index is 2.05. The normalized spacial score (nSPS) is 18.0. The molecule has 24 heavy (non-hydrogen) atoms. The van der Waals surface area contributed by atoms with Gasteiger partial charge in [-0.05, 0) is 50.4 Å². The molecule has 1 aromatic carbocycles. The molecule has 4 nitrogen and oxygen atoms in total. The van der Waals surface area contributed by atoms with E-state index in [4.69, 9.17) is 0 Å². The average molecular weight is 364 g/mol. The van der Waals surface area contributed by atoms with Gasteiger partial charge in [-0.25, -0.2) is 12.7 Å². The minimum Gasteiger partial charge on any atom is -0.320 e. The van der Waals surface area contributed by atoms with Crippen LogP contribution in [0.3, 0.4) is 0 Å². The first kappa shape index (κ1) is 19.2. The fourth-order valence-corrected chi connectivity index (χ4v) is 4.63. The van der Waals surface area contributed by atoms with Crippen LogP contribution >= 0.6 is 0 Å². The van der Waals surface area contributed by atoms with Crippen LogP contribution in [0.15, 0.2) is 24.3 Å². The highest BCUT2D eigenvalue weighted by Gasteiger charge is 2.35. The van der Waals surface area contributed by atoms with Crippen molar-refractivity contribution in [2.45, 2.75) is 31.2 Å². The summed E-state index contributed by atoms with van der Waals surface area (Å²) in [7, 11) is -1.87. The van der Waals surface area contributed by atoms with Gasteiger partial charge in [0.2, 0.25) is 10.0 Å². The summed E-state index contributed by atoms with van der Waals surface area (Å²) in [5.41, 5.74) is -1.07. The Hall–Kier alpha value is -1.12. The van der Waals surface area contributed by atoms with Crippen LogP contribution < -0.4 is 5.32 Å². The summed E-state index contributed by atoms with van der Waals surface area (Å²) in [5.74, 6) is -0.143. The SMILES string of the molecule is CNCCC1CCN(S(=O)(=O)Cc2ccccc2C(F)(F)F)CC1. The topological polar surface area (TPSA) is 49.4 Å². The molecule has 0 unspecified atom stereocenters. The lowest BCUT2D eigenvalue weighted by Crippen LogP contribution is -2.39. The van der Waals surface area contributed by atoms with Gasteiger partial charge in [0.15, 0.2) is 0 Å². The van der Waals surface area contributed by atoms with E-state index in [2.05, 4.69) is 5.32 Å². The van der Waals surface area contributed by atoms with Gasteiger partial charge >= 0.3 is 6.18 Å². The fraction of sp³-hybridized carbons (Fsp3) is 0.625. The first-order valence-corrected chi connectivity index (χ1v) is 9.62. The Kier molecular flexibility index (Phi) is 6.28. The summed E-state index contributed by atoms with van der Waals surface area (Å²) >= 11 is 0. The molecule has 0 aromatic heterocycles. The molecule has 1 heterocycles.